The Bertz CT molecular complexity index is 351. The van der Waals surface area contributed by atoms with E-state index in [1.807, 2.05) is 0 Å². The molecule has 0 radical (unpaired) electrons. The van der Waals surface area contributed by atoms with Gasteiger partial charge in [0.25, 0.3) is 5.91 Å². The monoisotopic (exact) mass is 246 g/mol. The highest BCUT2D eigenvalue weighted by atomic mass is 35.5. The number of nitrogens with one attached hydrogen (secondary N) is 1. The number of benzene rings is 1. The summed E-state index contributed by atoms with van der Waals surface area (Å²) < 4.78 is 0. The van der Waals surface area contributed by atoms with Crippen LogP contribution in [0.1, 0.15) is 16.8 Å². The number of carbonyl (C=O) groups is 1. The first kappa shape index (κ1) is 12.3. The molecule has 1 aliphatic rings. The molecule has 3 nitrogen and oxygen atoms in total. The lowest BCUT2D eigenvalue weighted by Crippen LogP contribution is -2.36. The van der Waals surface area contributed by atoms with Crippen LogP contribution in [-0.2, 0) is 0 Å². The fourth-order valence-corrected chi connectivity index (χ4v) is 1.67. The zero-order chi connectivity index (χ0) is 9.97. The van der Waals surface area contributed by atoms with Crippen LogP contribution in [0.4, 0.5) is 0 Å². The van der Waals surface area contributed by atoms with E-state index in [1.54, 1.807) is 29.3 Å². The molecule has 0 aliphatic carbocycles. The molecule has 1 amide bonds. The molecule has 0 atom stereocenters. The second-order valence-corrected chi connectivity index (χ2v) is 3.67. The van der Waals surface area contributed by atoms with Crippen LogP contribution in [0.15, 0.2) is 24.3 Å². The standard InChI is InChI=1S/C10H11ClN2O.ClH/c11-9-4-1-3-8(7-9)10(14)13-6-2-5-12-13;/h1,3-4,7,12H,2,5-6H2;1H. The zero-order valence-electron chi connectivity index (χ0n) is 8.07. The minimum atomic E-state index is -0.00926. The van der Waals surface area contributed by atoms with Crippen molar-refractivity contribution in [2.24, 2.45) is 0 Å². The average Bonchev–Trinajstić information content (AvgIpc) is 2.69. The van der Waals surface area contributed by atoms with Crippen molar-refractivity contribution in [3.8, 4) is 0 Å². The number of hydrogen-bond donors (Lipinski definition) is 1. The maximum Gasteiger partial charge on any atom is 0.268 e. The van der Waals surface area contributed by atoms with E-state index in [-0.39, 0.29) is 18.3 Å². The predicted octanol–water partition coefficient (Wildman–Crippen LogP) is 2.11. The normalized spacial score (nSPS) is 14.9. The molecule has 82 valence electrons. The Morgan fingerprint density at radius 2 is 2.27 bits per heavy atom. The Morgan fingerprint density at radius 3 is 2.87 bits per heavy atom. The molecule has 1 N–H and O–H groups in total. The van der Waals surface area contributed by atoms with Gasteiger partial charge in [-0.2, -0.15) is 0 Å². The lowest BCUT2D eigenvalue weighted by atomic mass is 10.2. The molecule has 1 fully saturated rings. The maximum absolute atomic E-state index is 11.8. The van der Waals surface area contributed by atoms with Gasteiger partial charge in [-0.05, 0) is 24.6 Å². The fraction of sp³-hybridized carbons (Fsp3) is 0.300. The summed E-state index contributed by atoms with van der Waals surface area (Å²) in [4.78, 5) is 11.8. The number of carbonyl (C=O) groups excluding carboxylic acids is 1. The number of amides is 1. The molecule has 1 saturated heterocycles. The molecular formula is C10H12Cl2N2O. The van der Waals surface area contributed by atoms with Crippen molar-refractivity contribution in [2.75, 3.05) is 13.1 Å². The minimum Gasteiger partial charge on any atom is -0.274 e. The first-order valence-corrected chi connectivity index (χ1v) is 4.96. The number of nitrogens with zero attached hydrogens (tertiary/aromatic N) is 1. The van der Waals surface area contributed by atoms with Crippen LogP contribution in [-0.4, -0.2) is 24.0 Å². The van der Waals surface area contributed by atoms with Crippen molar-refractivity contribution in [3.05, 3.63) is 34.9 Å². The van der Waals surface area contributed by atoms with Crippen molar-refractivity contribution in [2.45, 2.75) is 6.42 Å². The van der Waals surface area contributed by atoms with E-state index in [4.69, 9.17) is 11.6 Å². The van der Waals surface area contributed by atoms with Gasteiger partial charge in [0.05, 0.1) is 0 Å². The largest absolute Gasteiger partial charge is 0.274 e. The van der Waals surface area contributed by atoms with Crippen LogP contribution >= 0.6 is 24.0 Å². The van der Waals surface area contributed by atoms with Gasteiger partial charge in [0.15, 0.2) is 0 Å². The SMILES string of the molecule is Cl.O=C(c1cccc(Cl)c1)N1CCCN1. The topological polar surface area (TPSA) is 32.3 Å². The summed E-state index contributed by atoms with van der Waals surface area (Å²) in [5, 5.41) is 2.22. The quantitative estimate of drug-likeness (QED) is 0.824. The van der Waals surface area contributed by atoms with Crippen molar-refractivity contribution >= 4 is 29.9 Å². The van der Waals surface area contributed by atoms with Crippen LogP contribution in [0, 0.1) is 0 Å². The van der Waals surface area contributed by atoms with E-state index in [0.29, 0.717) is 10.6 Å². The third kappa shape index (κ3) is 2.84. The molecule has 1 aliphatic heterocycles. The first-order valence-electron chi connectivity index (χ1n) is 4.58. The summed E-state index contributed by atoms with van der Waals surface area (Å²) in [6.45, 7) is 1.64. The molecule has 15 heavy (non-hydrogen) atoms. The number of hydrazine groups is 1. The van der Waals surface area contributed by atoms with Gasteiger partial charge in [0.1, 0.15) is 0 Å². The van der Waals surface area contributed by atoms with Crippen molar-refractivity contribution in [3.63, 3.8) is 0 Å². The lowest BCUT2D eigenvalue weighted by molar-refractivity contribution is 0.0726. The van der Waals surface area contributed by atoms with E-state index in [0.717, 1.165) is 19.5 Å². The summed E-state index contributed by atoms with van der Waals surface area (Å²) in [6, 6.07) is 7.00. The van der Waals surface area contributed by atoms with Gasteiger partial charge in [0.2, 0.25) is 0 Å². The first-order chi connectivity index (χ1) is 6.77. The van der Waals surface area contributed by atoms with E-state index in [1.165, 1.54) is 0 Å². The van der Waals surface area contributed by atoms with Crippen molar-refractivity contribution in [1.82, 2.24) is 10.4 Å². The predicted molar refractivity (Wildman–Crippen MR) is 62.4 cm³/mol. The number of halogens is 2. The highest BCUT2D eigenvalue weighted by molar-refractivity contribution is 6.30. The summed E-state index contributed by atoms with van der Waals surface area (Å²) >= 11 is 5.80. The molecule has 1 aromatic carbocycles. The number of hydrogen-bond acceptors (Lipinski definition) is 2. The van der Waals surface area contributed by atoms with E-state index >= 15 is 0 Å². The Labute approximate surface area is 99.8 Å². The highest BCUT2D eigenvalue weighted by Crippen LogP contribution is 2.13. The van der Waals surface area contributed by atoms with Gasteiger partial charge in [-0.25, -0.2) is 5.43 Å². The van der Waals surface area contributed by atoms with Gasteiger partial charge < -0.3 is 0 Å². The van der Waals surface area contributed by atoms with Crippen molar-refractivity contribution < 1.29 is 4.79 Å². The third-order valence-electron chi connectivity index (χ3n) is 2.18. The summed E-state index contributed by atoms with van der Waals surface area (Å²) in [6.07, 6.45) is 1.01. The number of rotatable bonds is 1. The molecule has 1 aromatic rings. The molecule has 0 aromatic heterocycles. The van der Waals surface area contributed by atoms with Gasteiger partial charge in [-0.3, -0.25) is 9.80 Å². The summed E-state index contributed by atoms with van der Waals surface area (Å²) in [5.74, 6) is -0.00926. The Balaban J connectivity index is 0.00000112. The molecule has 2 rings (SSSR count). The van der Waals surface area contributed by atoms with E-state index < -0.39 is 0 Å². The van der Waals surface area contributed by atoms with E-state index in [9.17, 15) is 4.79 Å². The zero-order valence-corrected chi connectivity index (χ0v) is 9.64. The second kappa shape index (κ2) is 5.35. The highest BCUT2D eigenvalue weighted by Gasteiger charge is 2.18. The van der Waals surface area contributed by atoms with Gasteiger partial charge in [-0.15, -0.1) is 12.4 Å². The molecule has 0 bridgehead atoms. The van der Waals surface area contributed by atoms with E-state index in [2.05, 4.69) is 5.43 Å². The molecule has 0 unspecified atom stereocenters. The van der Waals surface area contributed by atoms with Crippen molar-refractivity contribution in [1.29, 1.82) is 0 Å². The third-order valence-corrected chi connectivity index (χ3v) is 2.41. The van der Waals surface area contributed by atoms with Gasteiger partial charge in [-0.1, -0.05) is 17.7 Å². The molecule has 0 saturated carbocycles. The summed E-state index contributed by atoms with van der Waals surface area (Å²) in [7, 11) is 0. The van der Waals surface area contributed by atoms with Gasteiger partial charge in [0, 0.05) is 23.7 Å². The van der Waals surface area contributed by atoms with Gasteiger partial charge >= 0.3 is 0 Å². The van der Waals surface area contributed by atoms with Crippen LogP contribution in [0.25, 0.3) is 0 Å². The minimum absolute atomic E-state index is 0. The van der Waals surface area contributed by atoms with Crippen LogP contribution in [0.3, 0.4) is 0 Å². The summed E-state index contributed by atoms with van der Waals surface area (Å²) in [5.41, 5.74) is 3.65. The Hall–Kier alpha value is -0.770. The molecule has 0 spiro atoms. The van der Waals surface area contributed by atoms with Crippen LogP contribution in [0.5, 0.6) is 0 Å². The fourth-order valence-electron chi connectivity index (χ4n) is 1.48. The van der Waals surface area contributed by atoms with Crippen LogP contribution < -0.4 is 5.43 Å². The van der Waals surface area contributed by atoms with Crippen LogP contribution in [0.2, 0.25) is 5.02 Å². The Morgan fingerprint density at radius 1 is 1.47 bits per heavy atom. The second-order valence-electron chi connectivity index (χ2n) is 3.23. The molecule has 1 heterocycles. The molecule has 5 heteroatoms. The smallest absolute Gasteiger partial charge is 0.268 e. The Kier molecular flexibility index (Phi) is 4.39. The molecular weight excluding hydrogens is 235 g/mol. The lowest BCUT2D eigenvalue weighted by Gasteiger charge is -2.15. The maximum atomic E-state index is 11.8. The average molecular weight is 247 g/mol.